The Kier molecular flexibility index (Phi) is 8.56. The number of hydrogen-bond donors (Lipinski definition) is 1. The summed E-state index contributed by atoms with van der Waals surface area (Å²) >= 11 is 0. The van der Waals surface area contributed by atoms with Gasteiger partial charge in [0.25, 0.3) is 0 Å². The first-order valence-corrected chi connectivity index (χ1v) is 7.01. The van der Waals surface area contributed by atoms with Crippen LogP contribution in [-0.2, 0) is 11.3 Å². The normalized spacial score (nSPS) is 10.2. The molecule has 0 aromatic heterocycles. The summed E-state index contributed by atoms with van der Waals surface area (Å²) in [6.07, 6.45) is 4.75. The van der Waals surface area contributed by atoms with Gasteiger partial charge >= 0.3 is 0 Å². The van der Waals surface area contributed by atoms with Gasteiger partial charge in [-0.15, -0.1) is 0 Å². The van der Waals surface area contributed by atoms with Gasteiger partial charge in [0.2, 0.25) is 0 Å². The molecule has 0 bridgehead atoms. The molecule has 3 nitrogen and oxygen atoms in total. The van der Waals surface area contributed by atoms with Gasteiger partial charge in [0.05, 0.1) is 19.5 Å². The van der Waals surface area contributed by atoms with Gasteiger partial charge in [-0.05, 0) is 37.1 Å². The zero-order valence-electron chi connectivity index (χ0n) is 11.9. The Balaban J connectivity index is 2.15. The van der Waals surface area contributed by atoms with E-state index in [-0.39, 0.29) is 0 Å². The number of ether oxygens (including phenoxy) is 2. The lowest BCUT2D eigenvalue weighted by Crippen LogP contribution is -2.15. The molecule has 3 heteroatoms. The zero-order valence-corrected chi connectivity index (χ0v) is 11.9. The van der Waals surface area contributed by atoms with Crippen LogP contribution in [0.15, 0.2) is 37.1 Å². The van der Waals surface area contributed by atoms with Crippen molar-refractivity contribution in [1.29, 1.82) is 0 Å². The lowest BCUT2D eigenvalue weighted by Gasteiger charge is -2.07. The molecule has 19 heavy (non-hydrogen) atoms. The van der Waals surface area contributed by atoms with Gasteiger partial charge in [0, 0.05) is 6.54 Å². The van der Waals surface area contributed by atoms with E-state index in [9.17, 15) is 0 Å². The number of hydrogen-bond acceptors (Lipinski definition) is 3. The summed E-state index contributed by atoms with van der Waals surface area (Å²) in [6, 6.07) is 8.28. The minimum absolute atomic E-state index is 0.723. The van der Waals surface area contributed by atoms with E-state index in [4.69, 9.17) is 9.47 Å². The van der Waals surface area contributed by atoms with Crippen LogP contribution in [0.5, 0.6) is 5.75 Å². The quantitative estimate of drug-likeness (QED) is 0.489. The highest BCUT2D eigenvalue weighted by atomic mass is 16.5. The summed E-state index contributed by atoms with van der Waals surface area (Å²) < 4.78 is 10.7. The molecule has 0 radical (unpaired) electrons. The third kappa shape index (κ3) is 7.52. The Labute approximate surface area is 116 Å². The highest BCUT2D eigenvalue weighted by Gasteiger charge is 1.96. The van der Waals surface area contributed by atoms with Crippen molar-refractivity contribution in [3.63, 3.8) is 0 Å². The van der Waals surface area contributed by atoms with Crippen molar-refractivity contribution in [1.82, 2.24) is 5.32 Å². The number of benzene rings is 1. The molecule has 1 N–H and O–H groups in total. The van der Waals surface area contributed by atoms with Gasteiger partial charge in [0.15, 0.2) is 0 Å². The Bertz CT molecular complexity index is 335. The first kappa shape index (κ1) is 15.6. The molecule has 0 atom stereocenters. The van der Waals surface area contributed by atoms with Gasteiger partial charge in [-0.3, -0.25) is 0 Å². The first-order valence-electron chi connectivity index (χ1n) is 7.01. The van der Waals surface area contributed by atoms with E-state index in [0.29, 0.717) is 0 Å². The maximum absolute atomic E-state index is 5.63. The Hall–Kier alpha value is -1.48. The van der Waals surface area contributed by atoms with Crippen LogP contribution < -0.4 is 10.1 Å². The Morgan fingerprint density at radius 1 is 1.16 bits per heavy atom. The SMILES string of the molecule is C=COCCCNCc1ccc(OCCCC)cc1. The van der Waals surface area contributed by atoms with Crippen LogP contribution in [0.4, 0.5) is 0 Å². The van der Waals surface area contributed by atoms with Gasteiger partial charge in [-0.25, -0.2) is 0 Å². The number of rotatable bonds is 11. The average molecular weight is 263 g/mol. The van der Waals surface area contributed by atoms with Crippen LogP contribution in [0.1, 0.15) is 31.7 Å². The molecule has 0 unspecified atom stereocenters. The second-order valence-electron chi connectivity index (χ2n) is 4.41. The molecular formula is C16H25NO2. The van der Waals surface area contributed by atoms with Crippen molar-refractivity contribution in [3.8, 4) is 5.75 Å². The molecule has 0 spiro atoms. The third-order valence-electron chi connectivity index (χ3n) is 2.75. The van der Waals surface area contributed by atoms with E-state index in [2.05, 4.69) is 31.0 Å². The molecule has 0 amide bonds. The van der Waals surface area contributed by atoms with Gasteiger partial charge in [-0.2, -0.15) is 0 Å². The smallest absolute Gasteiger partial charge is 0.119 e. The predicted molar refractivity (Wildman–Crippen MR) is 79.3 cm³/mol. The van der Waals surface area contributed by atoms with Gasteiger partial charge in [-0.1, -0.05) is 32.1 Å². The molecule has 0 aliphatic heterocycles. The Morgan fingerprint density at radius 3 is 2.63 bits per heavy atom. The highest BCUT2D eigenvalue weighted by Crippen LogP contribution is 2.12. The summed E-state index contributed by atoms with van der Waals surface area (Å²) in [7, 11) is 0. The minimum Gasteiger partial charge on any atom is -0.502 e. The largest absolute Gasteiger partial charge is 0.502 e. The molecule has 1 aromatic rings. The second kappa shape index (κ2) is 10.4. The lowest BCUT2D eigenvalue weighted by atomic mass is 10.2. The molecular weight excluding hydrogens is 238 g/mol. The van der Waals surface area contributed by atoms with Crippen LogP contribution >= 0.6 is 0 Å². The van der Waals surface area contributed by atoms with E-state index >= 15 is 0 Å². The van der Waals surface area contributed by atoms with Crippen LogP contribution in [-0.4, -0.2) is 19.8 Å². The molecule has 0 saturated carbocycles. The van der Waals surface area contributed by atoms with Crippen molar-refractivity contribution in [2.24, 2.45) is 0 Å². The molecule has 0 heterocycles. The van der Waals surface area contributed by atoms with Gasteiger partial charge in [0.1, 0.15) is 5.75 Å². The van der Waals surface area contributed by atoms with Crippen molar-refractivity contribution in [3.05, 3.63) is 42.7 Å². The second-order valence-corrected chi connectivity index (χ2v) is 4.41. The summed E-state index contributed by atoms with van der Waals surface area (Å²) in [5.74, 6) is 0.955. The van der Waals surface area contributed by atoms with E-state index in [1.54, 1.807) is 0 Å². The van der Waals surface area contributed by atoms with Crippen molar-refractivity contribution in [2.75, 3.05) is 19.8 Å². The van der Waals surface area contributed by atoms with Crippen molar-refractivity contribution >= 4 is 0 Å². The lowest BCUT2D eigenvalue weighted by molar-refractivity contribution is 0.244. The molecule has 1 rings (SSSR count). The predicted octanol–water partition coefficient (Wildman–Crippen LogP) is 3.51. The molecule has 106 valence electrons. The zero-order chi connectivity index (χ0) is 13.8. The number of nitrogens with one attached hydrogen (secondary N) is 1. The maximum Gasteiger partial charge on any atom is 0.119 e. The molecule has 0 fully saturated rings. The average Bonchev–Trinajstić information content (AvgIpc) is 2.44. The van der Waals surface area contributed by atoms with Crippen molar-refractivity contribution in [2.45, 2.75) is 32.7 Å². The summed E-state index contributed by atoms with van der Waals surface area (Å²) in [5, 5.41) is 3.38. The molecule has 0 saturated heterocycles. The van der Waals surface area contributed by atoms with Crippen molar-refractivity contribution < 1.29 is 9.47 Å². The summed E-state index contributed by atoms with van der Waals surface area (Å²) in [4.78, 5) is 0. The molecule has 0 aliphatic rings. The third-order valence-corrected chi connectivity index (χ3v) is 2.75. The van der Waals surface area contributed by atoms with E-state index in [0.717, 1.165) is 51.3 Å². The van der Waals surface area contributed by atoms with Crippen LogP contribution in [0.3, 0.4) is 0 Å². The van der Waals surface area contributed by atoms with Crippen LogP contribution in [0.25, 0.3) is 0 Å². The topological polar surface area (TPSA) is 30.5 Å². The fourth-order valence-corrected chi connectivity index (χ4v) is 1.63. The maximum atomic E-state index is 5.63. The fraction of sp³-hybridized carbons (Fsp3) is 0.500. The van der Waals surface area contributed by atoms with Crippen LogP contribution in [0, 0.1) is 0 Å². The number of unbranched alkanes of at least 4 members (excludes halogenated alkanes) is 1. The van der Waals surface area contributed by atoms with E-state index < -0.39 is 0 Å². The monoisotopic (exact) mass is 263 g/mol. The highest BCUT2D eigenvalue weighted by molar-refractivity contribution is 5.27. The summed E-state index contributed by atoms with van der Waals surface area (Å²) in [5.41, 5.74) is 1.27. The standard InChI is InChI=1S/C16H25NO2/c1-3-5-13-19-16-9-7-15(8-10-16)14-17-11-6-12-18-4-2/h4,7-10,17H,2-3,5-6,11-14H2,1H3. The minimum atomic E-state index is 0.723. The fourth-order valence-electron chi connectivity index (χ4n) is 1.63. The molecule has 0 aliphatic carbocycles. The van der Waals surface area contributed by atoms with E-state index in [1.165, 1.54) is 11.8 Å². The first-order chi connectivity index (χ1) is 9.36. The van der Waals surface area contributed by atoms with Crippen LogP contribution in [0.2, 0.25) is 0 Å². The Morgan fingerprint density at radius 2 is 1.95 bits per heavy atom. The van der Waals surface area contributed by atoms with E-state index in [1.807, 2.05) is 12.1 Å². The molecule has 1 aromatic carbocycles. The van der Waals surface area contributed by atoms with Gasteiger partial charge < -0.3 is 14.8 Å². The summed E-state index contributed by atoms with van der Waals surface area (Å²) in [6.45, 7) is 9.02.